The van der Waals surface area contributed by atoms with Crippen molar-refractivity contribution >= 4 is 11.6 Å². The Bertz CT molecular complexity index is 819. The van der Waals surface area contributed by atoms with Gasteiger partial charge >= 0.3 is 6.18 Å². The molecule has 28 heavy (non-hydrogen) atoms. The third-order valence-corrected chi connectivity index (χ3v) is 4.70. The van der Waals surface area contributed by atoms with Gasteiger partial charge in [0.2, 0.25) is 0 Å². The fraction of sp³-hybridized carbons (Fsp3) is 0.381. The smallest absolute Gasteiger partial charge is 0.374 e. The number of nitrogens with zero attached hydrogens (tertiary/aromatic N) is 1. The first kappa shape index (κ1) is 20.2. The highest BCUT2D eigenvalue weighted by molar-refractivity contribution is 5.94. The average molecular weight is 392 g/mol. The van der Waals surface area contributed by atoms with Gasteiger partial charge in [-0.25, -0.2) is 0 Å². The van der Waals surface area contributed by atoms with Crippen LogP contribution in [0.25, 0.3) is 0 Å². The molecular weight excluding hydrogens is 369 g/mol. The van der Waals surface area contributed by atoms with Crippen LogP contribution >= 0.6 is 0 Å². The zero-order chi connectivity index (χ0) is 20.1. The lowest BCUT2D eigenvalue weighted by Gasteiger charge is -2.27. The Labute approximate surface area is 162 Å². The van der Waals surface area contributed by atoms with Gasteiger partial charge in [0.25, 0.3) is 5.91 Å². The van der Waals surface area contributed by atoms with E-state index in [9.17, 15) is 18.0 Å². The Morgan fingerprint density at radius 1 is 1.14 bits per heavy atom. The van der Waals surface area contributed by atoms with Gasteiger partial charge in [-0.2, -0.15) is 13.2 Å². The number of carbonyl (C=O) groups is 1. The van der Waals surface area contributed by atoms with E-state index in [1.807, 2.05) is 6.07 Å². The minimum atomic E-state index is -4.34. The van der Waals surface area contributed by atoms with Crippen LogP contribution in [0.5, 0.6) is 0 Å². The summed E-state index contributed by atoms with van der Waals surface area (Å²) in [6.07, 6.45) is -2.18. The first-order valence-electron chi connectivity index (χ1n) is 9.16. The average Bonchev–Trinajstić information content (AvgIpc) is 2.66. The topological polar surface area (TPSA) is 41.6 Å². The monoisotopic (exact) mass is 392 g/mol. The predicted octanol–water partition coefficient (Wildman–Crippen LogP) is 4.08. The van der Waals surface area contributed by atoms with Crippen molar-refractivity contribution in [1.82, 2.24) is 5.32 Å². The van der Waals surface area contributed by atoms with Gasteiger partial charge in [0.05, 0.1) is 6.61 Å². The highest BCUT2D eigenvalue weighted by Gasteiger charge is 2.27. The standard InChI is InChI=1S/C21H23F3N2O2/c1-26-10-2-3-18-11-16(6-9-19(18)26)12-25-20(27)17-7-4-15(5-8-17)13-28-14-21(22,23)24/h4-9,11H,2-3,10,12-14H2,1H3,(H,25,27). The minimum Gasteiger partial charge on any atom is -0.374 e. The number of anilines is 1. The molecule has 1 heterocycles. The Kier molecular flexibility index (Phi) is 6.24. The number of fused-ring (bicyclic) bond motifs is 1. The molecule has 1 amide bonds. The van der Waals surface area contributed by atoms with Gasteiger partial charge in [-0.15, -0.1) is 0 Å². The normalized spacial score (nSPS) is 13.9. The van der Waals surface area contributed by atoms with Crippen LogP contribution in [0.4, 0.5) is 18.9 Å². The summed E-state index contributed by atoms with van der Waals surface area (Å²) in [6, 6.07) is 12.6. The second-order valence-corrected chi connectivity index (χ2v) is 6.98. The molecule has 0 saturated carbocycles. The molecule has 4 nitrogen and oxygen atoms in total. The zero-order valence-corrected chi connectivity index (χ0v) is 15.7. The van der Waals surface area contributed by atoms with Gasteiger partial charge in [-0.05, 0) is 47.7 Å². The van der Waals surface area contributed by atoms with Gasteiger partial charge < -0.3 is 15.0 Å². The Balaban J connectivity index is 1.52. The molecule has 2 aromatic rings. The van der Waals surface area contributed by atoms with E-state index >= 15 is 0 Å². The van der Waals surface area contributed by atoms with Crippen LogP contribution in [0.15, 0.2) is 42.5 Å². The lowest BCUT2D eigenvalue weighted by Crippen LogP contribution is -2.25. The van der Waals surface area contributed by atoms with E-state index < -0.39 is 12.8 Å². The SMILES string of the molecule is CN1CCCc2cc(CNC(=O)c3ccc(COCC(F)(F)F)cc3)ccc21. The van der Waals surface area contributed by atoms with Crippen molar-refractivity contribution in [3.05, 3.63) is 64.7 Å². The van der Waals surface area contributed by atoms with E-state index in [1.54, 1.807) is 24.3 Å². The van der Waals surface area contributed by atoms with Crippen molar-refractivity contribution in [2.45, 2.75) is 32.2 Å². The van der Waals surface area contributed by atoms with Crippen LogP contribution in [-0.4, -0.2) is 32.3 Å². The fourth-order valence-electron chi connectivity index (χ4n) is 3.27. The molecule has 0 atom stereocenters. The van der Waals surface area contributed by atoms with Gasteiger partial charge in [0.15, 0.2) is 0 Å². The highest BCUT2D eigenvalue weighted by atomic mass is 19.4. The van der Waals surface area contributed by atoms with Crippen LogP contribution < -0.4 is 10.2 Å². The Morgan fingerprint density at radius 2 is 1.86 bits per heavy atom. The van der Waals surface area contributed by atoms with Gasteiger partial charge in [-0.3, -0.25) is 4.79 Å². The molecule has 3 rings (SSSR count). The van der Waals surface area contributed by atoms with E-state index in [0.717, 1.165) is 24.9 Å². The molecule has 0 saturated heterocycles. The van der Waals surface area contributed by atoms with Crippen LogP contribution in [0, 0.1) is 0 Å². The number of hydrogen-bond acceptors (Lipinski definition) is 3. The molecule has 0 aromatic heterocycles. The molecule has 0 aliphatic carbocycles. The van der Waals surface area contributed by atoms with Gasteiger partial charge in [0, 0.05) is 31.4 Å². The number of hydrogen-bond donors (Lipinski definition) is 1. The van der Waals surface area contributed by atoms with Crippen molar-refractivity contribution < 1.29 is 22.7 Å². The van der Waals surface area contributed by atoms with E-state index in [-0.39, 0.29) is 12.5 Å². The molecule has 7 heteroatoms. The number of benzene rings is 2. The number of nitrogens with one attached hydrogen (secondary N) is 1. The van der Waals surface area contributed by atoms with E-state index in [0.29, 0.717) is 17.7 Å². The number of amides is 1. The van der Waals surface area contributed by atoms with Crippen molar-refractivity contribution in [2.75, 3.05) is 25.1 Å². The maximum Gasteiger partial charge on any atom is 0.411 e. The largest absolute Gasteiger partial charge is 0.411 e. The number of carbonyl (C=O) groups excluding carboxylic acids is 1. The molecule has 2 aromatic carbocycles. The summed E-state index contributed by atoms with van der Waals surface area (Å²) in [7, 11) is 2.08. The second-order valence-electron chi connectivity index (χ2n) is 6.98. The molecule has 0 fully saturated rings. The van der Waals surface area contributed by atoms with Gasteiger partial charge in [0.1, 0.15) is 6.61 Å². The van der Waals surface area contributed by atoms with Crippen LogP contribution in [0.3, 0.4) is 0 Å². The number of aryl methyl sites for hydroxylation is 1. The molecule has 0 radical (unpaired) electrons. The number of alkyl halides is 3. The maximum absolute atomic E-state index is 12.3. The molecule has 1 aliphatic rings. The van der Waals surface area contributed by atoms with Crippen molar-refractivity contribution in [1.29, 1.82) is 0 Å². The maximum atomic E-state index is 12.3. The van der Waals surface area contributed by atoms with Crippen molar-refractivity contribution in [3.63, 3.8) is 0 Å². The van der Waals surface area contributed by atoms with E-state index in [1.165, 1.54) is 11.3 Å². The molecule has 1 aliphatic heterocycles. The summed E-state index contributed by atoms with van der Waals surface area (Å²) in [5.41, 5.74) is 4.62. The minimum absolute atomic E-state index is 0.148. The summed E-state index contributed by atoms with van der Waals surface area (Å²) in [4.78, 5) is 14.6. The summed E-state index contributed by atoms with van der Waals surface area (Å²) >= 11 is 0. The van der Waals surface area contributed by atoms with Gasteiger partial charge in [-0.1, -0.05) is 24.3 Å². The van der Waals surface area contributed by atoms with Crippen molar-refractivity contribution in [2.24, 2.45) is 0 Å². The molecule has 0 spiro atoms. The number of rotatable bonds is 6. The number of ether oxygens (including phenoxy) is 1. The van der Waals surface area contributed by atoms with E-state index in [2.05, 4.69) is 34.1 Å². The second kappa shape index (κ2) is 8.65. The molecule has 1 N–H and O–H groups in total. The summed E-state index contributed by atoms with van der Waals surface area (Å²) in [6.45, 7) is 0.0450. The lowest BCUT2D eigenvalue weighted by atomic mass is 9.99. The van der Waals surface area contributed by atoms with Crippen LogP contribution in [-0.2, 0) is 24.3 Å². The van der Waals surface area contributed by atoms with Crippen LogP contribution in [0.1, 0.15) is 33.5 Å². The first-order valence-corrected chi connectivity index (χ1v) is 9.16. The first-order chi connectivity index (χ1) is 13.3. The Morgan fingerprint density at radius 3 is 2.57 bits per heavy atom. The van der Waals surface area contributed by atoms with Crippen molar-refractivity contribution in [3.8, 4) is 0 Å². The molecular formula is C21H23F3N2O2. The summed E-state index contributed by atoms with van der Waals surface area (Å²) < 4.78 is 40.9. The summed E-state index contributed by atoms with van der Waals surface area (Å²) in [5.74, 6) is -0.224. The fourth-order valence-corrected chi connectivity index (χ4v) is 3.27. The highest BCUT2D eigenvalue weighted by Crippen LogP contribution is 2.26. The molecule has 150 valence electrons. The molecule has 0 unspecified atom stereocenters. The van der Waals surface area contributed by atoms with E-state index in [4.69, 9.17) is 0 Å². The zero-order valence-electron chi connectivity index (χ0n) is 15.7. The number of halogens is 3. The lowest BCUT2D eigenvalue weighted by molar-refractivity contribution is -0.176. The van der Waals surface area contributed by atoms with Crippen LogP contribution in [0.2, 0.25) is 0 Å². The molecule has 0 bridgehead atoms. The summed E-state index contributed by atoms with van der Waals surface area (Å²) in [5, 5.41) is 2.88. The quantitative estimate of drug-likeness (QED) is 0.806. The third kappa shape index (κ3) is 5.48. The Hall–Kier alpha value is -2.54. The predicted molar refractivity (Wildman–Crippen MR) is 101 cm³/mol. The third-order valence-electron chi connectivity index (χ3n) is 4.70.